The number of benzene rings is 1. The maximum absolute atomic E-state index is 8.67. The van der Waals surface area contributed by atoms with Crippen molar-refractivity contribution in [2.75, 3.05) is 18.1 Å². The molecule has 0 atom stereocenters. The van der Waals surface area contributed by atoms with Crippen LogP contribution < -0.4 is 11.5 Å². The van der Waals surface area contributed by atoms with Gasteiger partial charge in [0.25, 0.3) is 0 Å². The molecule has 1 aromatic rings. The number of hydrogen-bond donors (Lipinski definition) is 3. The first-order chi connectivity index (χ1) is 5.65. The van der Waals surface area contributed by atoms with Crippen LogP contribution >= 0.6 is 11.6 Å². The summed E-state index contributed by atoms with van der Waals surface area (Å²) in [5.74, 6) is 0. The smallest absolute Gasteiger partial charge is 0.0656 e. The lowest BCUT2D eigenvalue weighted by atomic mass is 10.1. The first kappa shape index (κ1) is 9.16. The molecule has 0 radical (unpaired) electrons. The summed E-state index contributed by atoms with van der Waals surface area (Å²) in [6, 6.07) is 3.29. The van der Waals surface area contributed by atoms with E-state index in [0.29, 0.717) is 22.8 Å². The van der Waals surface area contributed by atoms with Crippen molar-refractivity contribution in [3.63, 3.8) is 0 Å². The van der Waals surface area contributed by atoms with Crippen molar-refractivity contribution in [2.24, 2.45) is 0 Å². The van der Waals surface area contributed by atoms with Crippen LogP contribution in [0.1, 0.15) is 5.56 Å². The molecule has 0 aliphatic carbocycles. The Labute approximate surface area is 75.9 Å². The molecule has 0 aromatic heterocycles. The Kier molecular flexibility index (Phi) is 2.78. The number of halogens is 1. The molecular weight excluding hydrogens is 176 g/mol. The minimum absolute atomic E-state index is 0.0608. The lowest BCUT2D eigenvalue weighted by Crippen LogP contribution is -1.99. The fourth-order valence-corrected chi connectivity index (χ4v) is 1.16. The van der Waals surface area contributed by atoms with Crippen molar-refractivity contribution in [1.82, 2.24) is 0 Å². The van der Waals surface area contributed by atoms with Crippen LogP contribution in [0.2, 0.25) is 5.02 Å². The highest BCUT2D eigenvalue weighted by molar-refractivity contribution is 6.33. The second-order valence-corrected chi connectivity index (χ2v) is 2.95. The van der Waals surface area contributed by atoms with Crippen LogP contribution in [-0.4, -0.2) is 11.7 Å². The number of anilines is 2. The molecule has 0 aliphatic heterocycles. The third-order valence-corrected chi connectivity index (χ3v) is 1.97. The maximum Gasteiger partial charge on any atom is 0.0656 e. The van der Waals surface area contributed by atoms with Crippen molar-refractivity contribution in [3.8, 4) is 0 Å². The predicted octanol–water partition coefficient (Wildman–Crippen LogP) is 1.04. The summed E-state index contributed by atoms with van der Waals surface area (Å²) in [4.78, 5) is 0. The van der Waals surface area contributed by atoms with Crippen LogP contribution in [0.4, 0.5) is 11.4 Å². The molecule has 0 fully saturated rings. The van der Waals surface area contributed by atoms with Crippen molar-refractivity contribution < 1.29 is 5.11 Å². The maximum atomic E-state index is 8.67. The van der Waals surface area contributed by atoms with E-state index in [9.17, 15) is 0 Å². The molecule has 0 bridgehead atoms. The van der Waals surface area contributed by atoms with E-state index in [1.54, 1.807) is 12.1 Å². The molecule has 0 heterocycles. The van der Waals surface area contributed by atoms with Crippen LogP contribution in [0, 0.1) is 0 Å². The molecular formula is C8H11ClN2O. The molecule has 12 heavy (non-hydrogen) atoms. The molecule has 0 saturated carbocycles. The summed E-state index contributed by atoms with van der Waals surface area (Å²) in [6.07, 6.45) is 0.507. The summed E-state index contributed by atoms with van der Waals surface area (Å²) < 4.78 is 0. The van der Waals surface area contributed by atoms with E-state index in [1.807, 2.05) is 0 Å². The van der Waals surface area contributed by atoms with Gasteiger partial charge in [-0.25, -0.2) is 0 Å². The predicted molar refractivity (Wildman–Crippen MR) is 51.1 cm³/mol. The van der Waals surface area contributed by atoms with Crippen molar-refractivity contribution >= 4 is 23.0 Å². The van der Waals surface area contributed by atoms with Gasteiger partial charge in [0.15, 0.2) is 0 Å². The zero-order chi connectivity index (χ0) is 9.14. The minimum atomic E-state index is 0.0608. The Balaban J connectivity index is 3.05. The Bertz CT molecular complexity index is 289. The van der Waals surface area contributed by atoms with Gasteiger partial charge in [0.2, 0.25) is 0 Å². The van der Waals surface area contributed by atoms with Crippen LogP contribution in [0.5, 0.6) is 0 Å². The van der Waals surface area contributed by atoms with Crippen LogP contribution in [0.25, 0.3) is 0 Å². The fourth-order valence-electron chi connectivity index (χ4n) is 0.989. The Hall–Kier alpha value is -0.930. The average Bonchev–Trinajstić information content (AvgIpc) is 2.01. The number of nitrogens with two attached hydrogens (primary N) is 2. The zero-order valence-electron chi connectivity index (χ0n) is 6.55. The normalized spacial score (nSPS) is 10.2. The highest BCUT2D eigenvalue weighted by Gasteiger charge is 2.02. The third kappa shape index (κ3) is 1.81. The largest absolute Gasteiger partial charge is 0.398 e. The molecule has 3 nitrogen and oxygen atoms in total. The zero-order valence-corrected chi connectivity index (χ0v) is 7.30. The summed E-state index contributed by atoms with van der Waals surface area (Å²) in [6.45, 7) is 0.0608. The monoisotopic (exact) mass is 186 g/mol. The Morgan fingerprint density at radius 2 is 1.92 bits per heavy atom. The third-order valence-electron chi connectivity index (χ3n) is 1.64. The SMILES string of the molecule is Nc1cc(CCO)c(N)cc1Cl. The molecule has 1 rings (SSSR count). The van der Waals surface area contributed by atoms with Gasteiger partial charge in [0, 0.05) is 12.3 Å². The van der Waals surface area contributed by atoms with Gasteiger partial charge in [-0.05, 0) is 24.1 Å². The second-order valence-electron chi connectivity index (χ2n) is 2.55. The van der Waals surface area contributed by atoms with E-state index in [0.717, 1.165) is 5.56 Å². The summed E-state index contributed by atoms with van der Waals surface area (Å²) in [5, 5.41) is 9.13. The number of rotatable bonds is 2. The molecule has 0 saturated heterocycles. The van der Waals surface area contributed by atoms with Crippen molar-refractivity contribution in [3.05, 3.63) is 22.7 Å². The fraction of sp³-hybridized carbons (Fsp3) is 0.250. The highest BCUT2D eigenvalue weighted by Crippen LogP contribution is 2.25. The molecule has 1 aromatic carbocycles. The lowest BCUT2D eigenvalue weighted by molar-refractivity contribution is 0.300. The standard InChI is InChI=1S/C8H11ClN2O/c9-6-4-7(10)5(1-2-12)3-8(6)11/h3-4,12H,1-2,10-11H2. The van der Waals surface area contributed by atoms with Crippen LogP contribution in [0.3, 0.4) is 0 Å². The number of aliphatic hydroxyl groups is 1. The molecule has 0 unspecified atom stereocenters. The molecule has 0 spiro atoms. The minimum Gasteiger partial charge on any atom is -0.398 e. The number of aliphatic hydroxyl groups excluding tert-OH is 1. The van der Waals surface area contributed by atoms with Gasteiger partial charge in [-0.2, -0.15) is 0 Å². The van der Waals surface area contributed by atoms with Gasteiger partial charge in [0.1, 0.15) is 0 Å². The van der Waals surface area contributed by atoms with Gasteiger partial charge in [0.05, 0.1) is 10.7 Å². The average molecular weight is 187 g/mol. The molecule has 5 N–H and O–H groups in total. The Morgan fingerprint density at radius 3 is 2.50 bits per heavy atom. The highest BCUT2D eigenvalue weighted by atomic mass is 35.5. The van der Waals surface area contributed by atoms with E-state index >= 15 is 0 Å². The van der Waals surface area contributed by atoms with Gasteiger partial charge in [-0.3, -0.25) is 0 Å². The van der Waals surface area contributed by atoms with Crippen LogP contribution in [0.15, 0.2) is 12.1 Å². The second kappa shape index (κ2) is 3.65. The molecule has 4 heteroatoms. The summed E-state index contributed by atoms with van der Waals surface area (Å²) in [7, 11) is 0. The summed E-state index contributed by atoms with van der Waals surface area (Å²) >= 11 is 5.72. The van der Waals surface area contributed by atoms with Crippen molar-refractivity contribution in [2.45, 2.75) is 6.42 Å². The van der Waals surface area contributed by atoms with E-state index in [-0.39, 0.29) is 6.61 Å². The first-order valence-electron chi connectivity index (χ1n) is 3.59. The topological polar surface area (TPSA) is 72.3 Å². The van der Waals surface area contributed by atoms with Crippen molar-refractivity contribution in [1.29, 1.82) is 0 Å². The van der Waals surface area contributed by atoms with Crippen LogP contribution in [-0.2, 0) is 6.42 Å². The molecule has 0 amide bonds. The quantitative estimate of drug-likeness (QED) is 0.605. The van der Waals surface area contributed by atoms with E-state index in [2.05, 4.69) is 0 Å². The van der Waals surface area contributed by atoms with Gasteiger partial charge >= 0.3 is 0 Å². The van der Waals surface area contributed by atoms with E-state index < -0.39 is 0 Å². The van der Waals surface area contributed by atoms with Gasteiger partial charge < -0.3 is 16.6 Å². The van der Waals surface area contributed by atoms with Gasteiger partial charge in [-0.15, -0.1) is 0 Å². The first-order valence-corrected chi connectivity index (χ1v) is 3.97. The van der Waals surface area contributed by atoms with E-state index in [4.69, 9.17) is 28.2 Å². The lowest BCUT2D eigenvalue weighted by Gasteiger charge is -2.06. The Morgan fingerprint density at radius 1 is 1.25 bits per heavy atom. The number of nitrogen functional groups attached to an aromatic ring is 2. The van der Waals surface area contributed by atoms with E-state index in [1.165, 1.54) is 0 Å². The summed E-state index contributed by atoms with van der Waals surface area (Å²) in [5.41, 5.74) is 13.1. The number of hydrogen-bond acceptors (Lipinski definition) is 3. The molecule has 66 valence electrons. The molecule has 0 aliphatic rings. The van der Waals surface area contributed by atoms with Gasteiger partial charge in [-0.1, -0.05) is 11.6 Å².